The van der Waals surface area contributed by atoms with E-state index in [2.05, 4.69) is 15.4 Å². The van der Waals surface area contributed by atoms with E-state index in [1.807, 2.05) is 18.2 Å². The molecule has 0 bridgehead atoms. The molecule has 3 aromatic carbocycles. The minimum Gasteiger partial charge on any atom is -0.465 e. The molecule has 1 aromatic heterocycles. The summed E-state index contributed by atoms with van der Waals surface area (Å²) in [6.45, 7) is 1.72. The summed E-state index contributed by atoms with van der Waals surface area (Å²) < 4.78 is 7.77. The van der Waals surface area contributed by atoms with Crippen molar-refractivity contribution >= 4 is 52.4 Å². The number of rotatable bonds is 7. The number of halogens is 1. The van der Waals surface area contributed by atoms with E-state index >= 15 is 0 Å². The van der Waals surface area contributed by atoms with Crippen LogP contribution < -0.4 is 21.1 Å². The normalized spacial score (nSPS) is 13.0. The molecule has 2 N–H and O–H groups in total. The standard InChI is InChI=1S/C30H24ClN5O6/c1-17-24(29(40)36(34(17)2)22-10-5-4-6-11-22)33-26(37)19-8-7-9-20(16-19)32-25-23(31)27(38)35(28(25)39)21-14-12-18(13-15-21)30(41)42-3/h4-16,32H,1-3H3,(H,33,37). The predicted octanol–water partition coefficient (Wildman–Crippen LogP) is 3.96. The maximum absolute atomic E-state index is 13.2. The summed E-state index contributed by atoms with van der Waals surface area (Å²) >= 11 is 6.25. The SMILES string of the molecule is COC(=O)c1ccc(N2C(=O)C(Cl)=C(Nc3cccc(C(=O)Nc4c(C)n(C)n(-c5ccccc5)c4=O)c3)C2=O)cc1. The maximum Gasteiger partial charge on any atom is 0.337 e. The van der Waals surface area contributed by atoms with Gasteiger partial charge in [-0.15, -0.1) is 0 Å². The molecule has 0 saturated carbocycles. The van der Waals surface area contributed by atoms with E-state index in [0.717, 1.165) is 4.90 Å². The smallest absolute Gasteiger partial charge is 0.337 e. The molecule has 0 aliphatic carbocycles. The van der Waals surface area contributed by atoms with E-state index in [4.69, 9.17) is 11.6 Å². The van der Waals surface area contributed by atoms with Crippen LogP contribution in [-0.2, 0) is 21.4 Å². The summed E-state index contributed by atoms with van der Waals surface area (Å²) in [6, 6.07) is 20.9. The zero-order valence-electron chi connectivity index (χ0n) is 22.7. The number of methoxy groups -OCH3 is 1. The van der Waals surface area contributed by atoms with E-state index in [1.54, 1.807) is 49.0 Å². The van der Waals surface area contributed by atoms with Gasteiger partial charge in [-0.2, -0.15) is 0 Å². The number of hydrogen-bond acceptors (Lipinski definition) is 7. The van der Waals surface area contributed by atoms with Crippen molar-refractivity contribution < 1.29 is 23.9 Å². The predicted molar refractivity (Wildman–Crippen MR) is 157 cm³/mol. The lowest BCUT2D eigenvalue weighted by molar-refractivity contribution is -0.120. The lowest BCUT2D eigenvalue weighted by atomic mass is 10.1. The zero-order valence-corrected chi connectivity index (χ0v) is 23.4. The van der Waals surface area contributed by atoms with Gasteiger partial charge in [0.05, 0.1) is 29.7 Å². The van der Waals surface area contributed by atoms with Crippen LogP contribution in [0.15, 0.2) is 94.4 Å². The first-order valence-corrected chi connectivity index (χ1v) is 13.0. The van der Waals surface area contributed by atoms with Crippen LogP contribution in [-0.4, -0.2) is 40.2 Å². The van der Waals surface area contributed by atoms with Gasteiger partial charge >= 0.3 is 5.97 Å². The molecule has 3 amide bonds. The zero-order chi connectivity index (χ0) is 30.1. The Morgan fingerprint density at radius 1 is 0.833 bits per heavy atom. The van der Waals surface area contributed by atoms with E-state index in [1.165, 1.54) is 42.1 Å². The Bertz CT molecular complexity index is 1840. The maximum atomic E-state index is 13.2. The fraction of sp³-hybridized carbons (Fsp3) is 0.100. The van der Waals surface area contributed by atoms with Crippen LogP contribution in [0, 0.1) is 6.92 Å². The van der Waals surface area contributed by atoms with Gasteiger partial charge in [0.15, 0.2) is 0 Å². The van der Waals surface area contributed by atoms with Gasteiger partial charge in [-0.1, -0.05) is 35.9 Å². The summed E-state index contributed by atoms with van der Waals surface area (Å²) in [7, 11) is 2.97. The second kappa shape index (κ2) is 11.2. The number of imide groups is 1. The van der Waals surface area contributed by atoms with E-state index in [-0.39, 0.29) is 33.2 Å². The Kier molecular flexibility index (Phi) is 7.51. The minimum absolute atomic E-state index is 0.126. The Hall–Kier alpha value is -5.42. The first-order valence-electron chi connectivity index (χ1n) is 12.6. The number of benzene rings is 3. The van der Waals surface area contributed by atoms with Gasteiger partial charge in [0.1, 0.15) is 16.4 Å². The van der Waals surface area contributed by atoms with Crippen LogP contribution in [0.3, 0.4) is 0 Å². The second-order valence-corrected chi connectivity index (χ2v) is 9.65. The molecule has 1 aliphatic rings. The average molecular weight is 586 g/mol. The summed E-state index contributed by atoms with van der Waals surface area (Å²) in [6.07, 6.45) is 0. The Labute approximate surface area is 244 Å². The van der Waals surface area contributed by atoms with Gasteiger partial charge in [-0.3, -0.25) is 23.9 Å². The first-order chi connectivity index (χ1) is 20.1. The third-order valence-corrected chi connectivity index (χ3v) is 7.11. The molecule has 212 valence electrons. The highest BCUT2D eigenvalue weighted by Gasteiger charge is 2.39. The number of para-hydroxylation sites is 1. The highest BCUT2D eigenvalue weighted by Crippen LogP contribution is 2.30. The Balaban J connectivity index is 1.36. The summed E-state index contributed by atoms with van der Waals surface area (Å²) in [5.41, 5.74) is 1.71. The highest BCUT2D eigenvalue weighted by molar-refractivity contribution is 6.53. The van der Waals surface area contributed by atoms with Crippen LogP contribution in [0.25, 0.3) is 5.69 Å². The van der Waals surface area contributed by atoms with Crippen molar-refractivity contribution in [3.63, 3.8) is 0 Å². The number of carbonyl (C=O) groups is 4. The van der Waals surface area contributed by atoms with E-state index < -0.39 is 29.3 Å². The van der Waals surface area contributed by atoms with Crippen molar-refractivity contribution in [2.24, 2.45) is 7.05 Å². The molecule has 2 heterocycles. The Morgan fingerprint density at radius 3 is 2.19 bits per heavy atom. The lowest BCUT2D eigenvalue weighted by Gasteiger charge is -2.15. The van der Waals surface area contributed by atoms with Crippen molar-refractivity contribution in [1.82, 2.24) is 9.36 Å². The number of hydrogen-bond donors (Lipinski definition) is 2. The second-order valence-electron chi connectivity index (χ2n) is 9.27. The summed E-state index contributed by atoms with van der Waals surface area (Å²) in [5, 5.41) is 5.19. The van der Waals surface area contributed by atoms with Crippen molar-refractivity contribution in [3.05, 3.63) is 117 Å². The quantitative estimate of drug-likeness (QED) is 0.248. The molecule has 5 rings (SSSR count). The number of nitrogens with one attached hydrogen (secondary N) is 2. The van der Waals surface area contributed by atoms with Crippen LogP contribution in [0.2, 0.25) is 0 Å². The fourth-order valence-electron chi connectivity index (χ4n) is 4.49. The minimum atomic E-state index is -0.752. The molecule has 0 saturated heterocycles. The Morgan fingerprint density at radius 2 is 1.52 bits per heavy atom. The third-order valence-electron chi connectivity index (χ3n) is 6.76. The van der Waals surface area contributed by atoms with Gasteiger partial charge in [0.25, 0.3) is 23.3 Å². The van der Waals surface area contributed by atoms with Gasteiger partial charge in [-0.25, -0.2) is 14.4 Å². The molecule has 12 heteroatoms. The van der Waals surface area contributed by atoms with Gasteiger partial charge in [0.2, 0.25) is 0 Å². The summed E-state index contributed by atoms with van der Waals surface area (Å²) in [5.74, 6) is -2.58. The molecule has 0 atom stereocenters. The van der Waals surface area contributed by atoms with Gasteiger partial charge < -0.3 is 15.4 Å². The van der Waals surface area contributed by atoms with Crippen LogP contribution in [0.5, 0.6) is 0 Å². The number of esters is 1. The molecule has 0 fully saturated rings. The fourth-order valence-corrected chi connectivity index (χ4v) is 4.70. The first kappa shape index (κ1) is 28.1. The topological polar surface area (TPSA) is 132 Å². The molecule has 42 heavy (non-hydrogen) atoms. The largest absolute Gasteiger partial charge is 0.465 e. The number of anilines is 3. The number of carbonyl (C=O) groups excluding carboxylic acids is 4. The number of nitrogens with zero attached hydrogens (tertiary/aromatic N) is 3. The summed E-state index contributed by atoms with van der Waals surface area (Å²) in [4.78, 5) is 65.0. The number of ether oxygens (including phenoxy) is 1. The molecule has 0 radical (unpaired) electrons. The lowest BCUT2D eigenvalue weighted by Crippen LogP contribution is -2.32. The highest BCUT2D eigenvalue weighted by atomic mass is 35.5. The van der Waals surface area contributed by atoms with Gasteiger partial charge in [0, 0.05) is 18.3 Å². The molecule has 11 nitrogen and oxygen atoms in total. The number of amides is 3. The molecule has 0 unspecified atom stereocenters. The van der Waals surface area contributed by atoms with E-state index in [9.17, 15) is 24.0 Å². The van der Waals surface area contributed by atoms with Crippen LogP contribution in [0.4, 0.5) is 17.1 Å². The van der Waals surface area contributed by atoms with Crippen LogP contribution in [0.1, 0.15) is 26.4 Å². The molecule has 1 aliphatic heterocycles. The molecular weight excluding hydrogens is 562 g/mol. The average Bonchev–Trinajstić information content (AvgIpc) is 3.35. The number of aromatic nitrogens is 2. The van der Waals surface area contributed by atoms with Gasteiger partial charge in [-0.05, 0) is 61.5 Å². The van der Waals surface area contributed by atoms with Crippen molar-refractivity contribution in [3.8, 4) is 5.69 Å². The molecular formula is C30H24ClN5O6. The van der Waals surface area contributed by atoms with Crippen LogP contribution >= 0.6 is 11.6 Å². The van der Waals surface area contributed by atoms with Crippen molar-refractivity contribution in [2.75, 3.05) is 22.6 Å². The molecule has 0 spiro atoms. The van der Waals surface area contributed by atoms with Crippen molar-refractivity contribution in [1.29, 1.82) is 0 Å². The van der Waals surface area contributed by atoms with Crippen molar-refractivity contribution in [2.45, 2.75) is 6.92 Å². The molecule has 4 aromatic rings. The van der Waals surface area contributed by atoms with E-state index in [0.29, 0.717) is 17.1 Å². The third kappa shape index (κ3) is 4.97. The monoisotopic (exact) mass is 585 g/mol.